The maximum Gasteiger partial charge on any atom is 0.128 e. The predicted molar refractivity (Wildman–Crippen MR) is 38.3 cm³/mol. The summed E-state index contributed by atoms with van der Waals surface area (Å²) in [5.41, 5.74) is 0. The van der Waals surface area contributed by atoms with Gasteiger partial charge in [0.1, 0.15) is 5.16 Å². The average Bonchev–Trinajstić information content (AvgIpc) is 1.68. The first kappa shape index (κ1) is 7.44. The molecule has 0 aromatic carbocycles. The third kappa shape index (κ3) is 3.62. The van der Waals surface area contributed by atoms with Gasteiger partial charge in [0.25, 0.3) is 0 Å². The summed E-state index contributed by atoms with van der Waals surface area (Å²) in [7, 11) is 0. The topological polar surface area (TPSA) is 12.4 Å². The SMILES string of the molecule is C=C/C=C(Cl)\N=C/C. The van der Waals surface area contributed by atoms with Crippen LogP contribution < -0.4 is 0 Å². The van der Waals surface area contributed by atoms with Gasteiger partial charge >= 0.3 is 0 Å². The van der Waals surface area contributed by atoms with E-state index in [4.69, 9.17) is 11.6 Å². The molecule has 8 heavy (non-hydrogen) atoms. The van der Waals surface area contributed by atoms with E-state index < -0.39 is 0 Å². The number of halogens is 1. The van der Waals surface area contributed by atoms with Crippen molar-refractivity contribution in [3.8, 4) is 0 Å². The van der Waals surface area contributed by atoms with Crippen LogP contribution >= 0.6 is 11.6 Å². The maximum absolute atomic E-state index is 5.47. The highest BCUT2D eigenvalue weighted by Gasteiger charge is 1.76. The van der Waals surface area contributed by atoms with Crippen LogP contribution in [0, 0.1) is 0 Å². The van der Waals surface area contributed by atoms with Gasteiger partial charge < -0.3 is 0 Å². The molecule has 0 N–H and O–H groups in total. The van der Waals surface area contributed by atoms with Gasteiger partial charge in [-0.05, 0) is 13.0 Å². The molecule has 0 unspecified atom stereocenters. The molecular weight excluding hydrogens is 122 g/mol. The second-order valence-electron chi connectivity index (χ2n) is 1.11. The van der Waals surface area contributed by atoms with Gasteiger partial charge in [-0.3, -0.25) is 0 Å². The smallest absolute Gasteiger partial charge is 0.128 e. The lowest BCUT2D eigenvalue weighted by Gasteiger charge is -1.79. The molecule has 1 nitrogen and oxygen atoms in total. The van der Waals surface area contributed by atoms with Crippen LogP contribution in [0.25, 0.3) is 0 Å². The summed E-state index contributed by atoms with van der Waals surface area (Å²) >= 11 is 5.47. The molecule has 0 radical (unpaired) electrons. The quantitative estimate of drug-likeness (QED) is 0.308. The van der Waals surface area contributed by atoms with Crippen LogP contribution in [0.2, 0.25) is 0 Å². The lowest BCUT2D eigenvalue weighted by Crippen LogP contribution is -1.61. The van der Waals surface area contributed by atoms with Gasteiger partial charge in [0, 0.05) is 6.21 Å². The number of hydrogen-bond acceptors (Lipinski definition) is 1. The van der Waals surface area contributed by atoms with Crippen molar-refractivity contribution in [2.24, 2.45) is 4.99 Å². The van der Waals surface area contributed by atoms with Gasteiger partial charge in [-0.1, -0.05) is 24.3 Å². The highest BCUT2D eigenvalue weighted by atomic mass is 35.5. The van der Waals surface area contributed by atoms with Crippen LogP contribution in [0.15, 0.2) is 28.9 Å². The van der Waals surface area contributed by atoms with Crippen LogP contribution in [-0.2, 0) is 0 Å². The van der Waals surface area contributed by atoms with Crippen molar-refractivity contribution in [1.82, 2.24) is 0 Å². The molecule has 0 saturated carbocycles. The molecule has 0 aliphatic heterocycles. The molecule has 0 spiro atoms. The molecule has 0 aromatic heterocycles. The first-order valence-corrected chi connectivity index (χ1v) is 2.66. The van der Waals surface area contributed by atoms with E-state index in [1.165, 1.54) is 0 Å². The Kier molecular flexibility index (Phi) is 4.27. The van der Waals surface area contributed by atoms with Gasteiger partial charge in [0.2, 0.25) is 0 Å². The summed E-state index contributed by atoms with van der Waals surface area (Å²) in [5, 5.41) is 0.461. The molecule has 0 heterocycles. The standard InChI is InChI=1S/C6H8ClN/c1-3-5-6(7)8-4-2/h3-5H,1H2,2H3/b6-5-,8-4-. The number of rotatable bonds is 2. The molecule has 0 atom stereocenters. The van der Waals surface area contributed by atoms with Crippen molar-refractivity contribution >= 4 is 17.8 Å². The van der Waals surface area contributed by atoms with Crippen LogP contribution in [-0.4, -0.2) is 6.21 Å². The summed E-state index contributed by atoms with van der Waals surface area (Å²) in [4.78, 5) is 3.74. The van der Waals surface area contributed by atoms with Crippen LogP contribution in [0.5, 0.6) is 0 Å². The van der Waals surface area contributed by atoms with Gasteiger partial charge in [-0.25, -0.2) is 4.99 Å². The fraction of sp³-hybridized carbons (Fsp3) is 0.167. The minimum Gasteiger partial charge on any atom is -0.249 e. The van der Waals surface area contributed by atoms with E-state index in [9.17, 15) is 0 Å². The number of allylic oxidation sites excluding steroid dienone is 2. The minimum absolute atomic E-state index is 0.461. The Morgan fingerprint density at radius 1 is 1.75 bits per heavy atom. The monoisotopic (exact) mass is 129 g/mol. The van der Waals surface area contributed by atoms with E-state index in [2.05, 4.69) is 11.6 Å². The Balaban J connectivity index is 3.79. The molecule has 0 fully saturated rings. The lowest BCUT2D eigenvalue weighted by atomic mass is 10.6. The Hall–Kier alpha value is -0.560. The van der Waals surface area contributed by atoms with Crippen molar-refractivity contribution in [1.29, 1.82) is 0 Å². The molecule has 0 saturated heterocycles. The van der Waals surface area contributed by atoms with Crippen molar-refractivity contribution in [2.45, 2.75) is 6.92 Å². The second kappa shape index (κ2) is 4.60. The van der Waals surface area contributed by atoms with Gasteiger partial charge in [-0.15, -0.1) is 0 Å². The first-order valence-electron chi connectivity index (χ1n) is 2.28. The molecule has 0 bridgehead atoms. The van der Waals surface area contributed by atoms with E-state index in [0.717, 1.165) is 0 Å². The van der Waals surface area contributed by atoms with Crippen LogP contribution in [0.4, 0.5) is 0 Å². The summed E-state index contributed by atoms with van der Waals surface area (Å²) in [6.07, 6.45) is 4.85. The fourth-order valence-electron chi connectivity index (χ4n) is 0.264. The zero-order valence-corrected chi connectivity index (χ0v) is 5.52. The first-order chi connectivity index (χ1) is 3.81. The minimum atomic E-state index is 0.461. The van der Waals surface area contributed by atoms with E-state index in [1.807, 2.05) is 0 Å². The van der Waals surface area contributed by atoms with Gasteiger partial charge in [0.15, 0.2) is 0 Å². The van der Waals surface area contributed by atoms with E-state index in [1.54, 1.807) is 25.3 Å². The summed E-state index contributed by atoms with van der Waals surface area (Å²) < 4.78 is 0. The van der Waals surface area contributed by atoms with Crippen molar-refractivity contribution in [3.05, 3.63) is 23.9 Å². The molecule has 0 aliphatic carbocycles. The maximum atomic E-state index is 5.47. The largest absolute Gasteiger partial charge is 0.249 e. The Bertz CT molecular complexity index is 124. The molecule has 0 aliphatic rings. The van der Waals surface area contributed by atoms with E-state index >= 15 is 0 Å². The average molecular weight is 130 g/mol. The highest BCUT2D eigenvalue weighted by molar-refractivity contribution is 6.29. The number of nitrogens with zero attached hydrogens (tertiary/aromatic N) is 1. The normalized spacial score (nSPS) is 12.5. The Morgan fingerprint density at radius 2 is 2.38 bits per heavy atom. The highest BCUT2D eigenvalue weighted by Crippen LogP contribution is 2.00. The summed E-state index contributed by atoms with van der Waals surface area (Å²) in [6.45, 7) is 5.25. The molecular formula is C6H8ClN. The van der Waals surface area contributed by atoms with Crippen molar-refractivity contribution in [2.75, 3.05) is 0 Å². The molecule has 0 aromatic rings. The van der Waals surface area contributed by atoms with E-state index in [-0.39, 0.29) is 0 Å². The van der Waals surface area contributed by atoms with Crippen LogP contribution in [0.1, 0.15) is 6.92 Å². The summed E-state index contributed by atoms with van der Waals surface area (Å²) in [5.74, 6) is 0. The Morgan fingerprint density at radius 3 is 2.75 bits per heavy atom. The van der Waals surface area contributed by atoms with Crippen LogP contribution in [0.3, 0.4) is 0 Å². The zero-order valence-electron chi connectivity index (χ0n) is 4.76. The molecule has 44 valence electrons. The molecule has 2 heteroatoms. The second-order valence-corrected chi connectivity index (χ2v) is 1.50. The van der Waals surface area contributed by atoms with Crippen molar-refractivity contribution < 1.29 is 0 Å². The third-order valence-electron chi connectivity index (χ3n) is 0.508. The van der Waals surface area contributed by atoms with E-state index in [0.29, 0.717) is 5.16 Å². The van der Waals surface area contributed by atoms with Gasteiger partial charge in [0.05, 0.1) is 0 Å². The zero-order chi connectivity index (χ0) is 6.41. The Labute approximate surface area is 54.4 Å². The summed E-state index contributed by atoms with van der Waals surface area (Å²) in [6, 6.07) is 0. The molecule has 0 rings (SSSR count). The third-order valence-corrected chi connectivity index (χ3v) is 0.731. The van der Waals surface area contributed by atoms with Gasteiger partial charge in [-0.2, -0.15) is 0 Å². The lowest BCUT2D eigenvalue weighted by molar-refractivity contribution is 1.52. The van der Waals surface area contributed by atoms with Crippen molar-refractivity contribution in [3.63, 3.8) is 0 Å². The fourth-order valence-corrected chi connectivity index (χ4v) is 0.450. The molecule has 0 amide bonds. The number of aliphatic imine (C=N–C) groups is 1. The predicted octanol–water partition coefficient (Wildman–Crippen LogP) is 2.34. The number of hydrogen-bond donors (Lipinski definition) is 0.